The summed E-state index contributed by atoms with van der Waals surface area (Å²) in [6, 6.07) is 0.744. The van der Waals surface area contributed by atoms with E-state index in [4.69, 9.17) is 5.73 Å². The Bertz CT molecular complexity index is 120. The minimum atomic E-state index is 0. The van der Waals surface area contributed by atoms with Crippen LogP contribution in [-0.4, -0.2) is 31.6 Å². The fourth-order valence-corrected chi connectivity index (χ4v) is 2.14. The van der Waals surface area contributed by atoms with Crippen LogP contribution in [0.1, 0.15) is 25.7 Å². The molecule has 1 aliphatic rings. The summed E-state index contributed by atoms with van der Waals surface area (Å²) in [6.45, 7) is 0.864. The van der Waals surface area contributed by atoms with Gasteiger partial charge in [-0.15, -0.1) is 24.8 Å². The van der Waals surface area contributed by atoms with Gasteiger partial charge >= 0.3 is 0 Å². The normalized spacial score (nSPS) is 27.7. The van der Waals surface area contributed by atoms with Crippen molar-refractivity contribution in [1.82, 2.24) is 4.90 Å². The Morgan fingerprint density at radius 2 is 1.69 bits per heavy atom. The number of hydrogen-bond donors (Lipinski definition) is 1. The summed E-state index contributed by atoms with van der Waals surface area (Å²) in [7, 11) is 4.33. The van der Waals surface area contributed by atoms with Crippen molar-refractivity contribution < 1.29 is 0 Å². The highest BCUT2D eigenvalue weighted by Crippen LogP contribution is 2.26. The molecule has 0 aliphatic heterocycles. The van der Waals surface area contributed by atoms with E-state index in [0.29, 0.717) is 0 Å². The number of hydrogen-bond acceptors (Lipinski definition) is 2. The van der Waals surface area contributed by atoms with Crippen molar-refractivity contribution in [2.75, 3.05) is 20.6 Å². The van der Waals surface area contributed by atoms with Gasteiger partial charge in [0.25, 0.3) is 0 Å². The second kappa shape index (κ2) is 7.86. The van der Waals surface area contributed by atoms with Crippen LogP contribution in [0.25, 0.3) is 0 Å². The first-order valence-electron chi connectivity index (χ1n) is 4.62. The van der Waals surface area contributed by atoms with Crippen LogP contribution in [0, 0.1) is 5.92 Å². The van der Waals surface area contributed by atoms with Gasteiger partial charge in [-0.05, 0) is 39.4 Å². The topological polar surface area (TPSA) is 29.3 Å². The third kappa shape index (κ3) is 4.50. The molecule has 0 bridgehead atoms. The predicted octanol–water partition coefficient (Wildman–Crippen LogP) is 1.91. The van der Waals surface area contributed by atoms with E-state index in [-0.39, 0.29) is 24.8 Å². The lowest BCUT2D eigenvalue weighted by Crippen LogP contribution is -2.40. The van der Waals surface area contributed by atoms with Crippen LogP contribution in [0.2, 0.25) is 0 Å². The maximum Gasteiger partial charge on any atom is 0.0129 e. The Kier molecular flexibility index (Phi) is 9.65. The summed E-state index contributed by atoms with van der Waals surface area (Å²) < 4.78 is 0. The van der Waals surface area contributed by atoms with Crippen molar-refractivity contribution in [3.63, 3.8) is 0 Å². The molecule has 0 amide bonds. The Hall–Kier alpha value is 0.500. The molecule has 2 N–H and O–H groups in total. The van der Waals surface area contributed by atoms with Crippen molar-refractivity contribution in [2.24, 2.45) is 11.7 Å². The molecule has 0 radical (unpaired) electrons. The molecule has 4 heteroatoms. The minimum absolute atomic E-state index is 0. The van der Waals surface area contributed by atoms with Gasteiger partial charge in [0.1, 0.15) is 0 Å². The molecule has 1 fully saturated rings. The van der Waals surface area contributed by atoms with Crippen molar-refractivity contribution in [1.29, 1.82) is 0 Å². The highest BCUT2D eigenvalue weighted by atomic mass is 35.5. The number of halogens is 2. The van der Waals surface area contributed by atoms with Crippen LogP contribution in [0.15, 0.2) is 0 Å². The van der Waals surface area contributed by atoms with Crippen LogP contribution in [0.4, 0.5) is 0 Å². The SMILES string of the molecule is CN(C)[C@H]1CCCC[C@H]1CN.Cl.Cl. The van der Waals surface area contributed by atoms with E-state index in [1.54, 1.807) is 0 Å². The van der Waals surface area contributed by atoms with E-state index in [0.717, 1.165) is 18.5 Å². The molecule has 2 atom stereocenters. The molecule has 0 heterocycles. The summed E-state index contributed by atoms with van der Waals surface area (Å²) in [5.74, 6) is 0.749. The third-order valence-electron chi connectivity index (χ3n) is 2.83. The van der Waals surface area contributed by atoms with Crippen molar-refractivity contribution in [2.45, 2.75) is 31.7 Å². The van der Waals surface area contributed by atoms with Gasteiger partial charge in [-0.25, -0.2) is 0 Å². The Morgan fingerprint density at radius 1 is 1.15 bits per heavy atom. The van der Waals surface area contributed by atoms with Gasteiger partial charge in [0.05, 0.1) is 0 Å². The molecule has 0 unspecified atom stereocenters. The van der Waals surface area contributed by atoms with Crippen LogP contribution < -0.4 is 5.73 Å². The molecular formula is C9H22Cl2N2. The highest BCUT2D eigenvalue weighted by molar-refractivity contribution is 5.85. The van der Waals surface area contributed by atoms with Gasteiger partial charge in [0.15, 0.2) is 0 Å². The average Bonchev–Trinajstić information content (AvgIpc) is 2.04. The smallest absolute Gasteiger partial charge is 0.0129 e. The van der Waals surface area contributed by atoms with E-state index in [1.807, 2.05) is 0 Å². The first-order chi connectivity index (χ1) is 5.25. The van der Waals surface area contributed by atoms with Crippen LogP contribution >= 0.6 is 24.8 Å². The largest absolute Gasteiger partial charge is 0.330 e. The second-order valence-corrected chi connectivity index (χ2v) is 3.81. The van der Waals surface area contributed by atoms with Gasteiger partial charge in [-0.2, -0.15) is 0 Å². The fourth-order valence-electron chi connectivity index (χ4n) is 2.14. The zero-order chi connectivity index (χ0) is 8.27. The highest BCUT2D eigenvalue weighted by Gasteiger charge is 2.24. The van der Waals surface area contributed by atoms with Crippen LogP contribution in [0.5, 0.6) is 0 Å². The predicted molar refractivity (Wildman–Crippen MR) is 63.0 cm³/mol. The molecule has 1 saturated carbocycles. The summed E-state index contributed by atoms with van der Waals surface area (Å²) in [5, 5.41) is 0. The molecular weight excluding hydrogens is 207 g/mol. The lowest BCUT2D eigenvalue weighted by atomic mass is 9.84. The minimum Gasteiger partial charge on any atom is -0.330 e. The van der Waals surface area contributed by atoms with Crippen molar-refractivity contribution >= 4 is 24.8 Å². The standard InChI is InChI=1S/C9H20N2.2ClH/c1-11(2)9-6-4-3-5-8(9)7-10;;/h8-9H,3-7,10H2,1-2H3;2*1H/t8-,9-;;/m0../s1. The molecule has 0 saturated heterocycles. The van der Waals surface area contributed by atoms with Crippen LogP contribution in [-0.2, 0) is 0 Å². The van der Waals surface area contributed by atoms with E-state index in [9.17, 15) is 0 Å². The van der Waals surface area contributed by atoms with Crippen molar-refractivity contribution in [3.05, 3.63) is 0 Å². The molecule has 82 valence electrons. The summed E-state index contributed by atoms with van der Waals surface area (Å²) in [6.07, 6.45) is 5.44. The lowest BCUT2D eigenvalue weighted by Gasteiger charge is -2.35. The van der Waals surface area contributed by atoms with Gasteiger partial charge in [-0.3, -0.25) is 0 Å². The summed E-state index contributed by atoms with van der Waals surface area (Å²) in [5.41, 5.74) is 5.70. The maximum atomic E-state index is 5.70. The number of nitrogens with two attached hydrogens (primary N) is 1. The first-order valence-corrected chi connectivity index (χ1v) is 4.62. The number of rotatable bonds is 2. The molecule has 2 nitrogen and oxygen atoms in total. The molecule has 0 spiro atoms. The van der Waals surface area contributed by atoms with Gasteiger partial charge in [-0.1, -0.05) is 12.8 Å². The first kappa shape index (κ1) is 15.9. The average molecular weight is 229 g/mol. The quantitative estimate of drug-likeness (QED) is 0.783. The van der Waals surface area contributed by atoms with E-state index in [1.165, 1.54) is 25.7 Å². The lowest BCUT2D eigenvalue weighted by molar-refractivity contribution is 0.160. The third-order valence-corrected chi connectivity index (χ3v) is 2.83. The maximum absolute atomic E-state index is 5.70. The second-order valence-electron chi connectivity index (χ2n) is 3.81. The fraction of sp³-hybridized carbons (Fsp3) is 1.00. The van der Waals surface area contributed by atoms with Gasteiger partial charge < -0.3 is 10.6 Å². The van der Waals surface area contributed by atoms with E-state index >= 15 is 0 Å². The molecule has 13 heavy (non-hydrogen) atoms. The van der Waals surface area contributed by atoms with E-state index < -0.39 is 0 Å². The number of nitrogens with zero attached hydrogens (tertiary/aromatic N) is 1. The van der Waals surface area contributed by atoms with Crippen LogP contribution in [0.3, 0.4) is 0 Å². The molecule has 1 aliphatic carbocycles. The van der Waals surface area contributed by atoms with Crippen molar-refractivity contribution in [3.8, 4) is 0 Å². The van der Waals surface area contributed by atoms with Gasteiger partial charge in [0, 0.05) is 6.04 Å². The molecule has 0 aromatic heterocycles. The van der Waals surface area contributed by atoms with E-state index in [2.05, 4.69) is 19.0 Å². The summed E-state index contributed by atoms with van der Waals surface area (Å²) >= 11 is 0. The zero-order valence-corrected chi connectivity index (χ0v) is 10.2. The Labute approximate surface area is 94.1 Å². The Morgan fingerprint density at radius 3 is 2.08 bits per heavy atom. The summed E-state index contributed by atoms with van der Waals surface area (Å²) in [4.78, 5) is 2.33. The Balaban J connectivity index is 0. The molecule has 1 rings (SSSR count). The molecule has 0 aromatic rings. The van der Waals surface area contributed by atoms with Gasteiger partial charge in [0.2, 0.25) is 0 Å². The zero-order valence-electron chi connectivity index (χ0n) is 8.53. The molecule has 0 aromatic carbocycles. The monoisotopic (exact) mass is 228 g/mol.